The molecule has 20 heavy (non-hydrogen) atoms. The fourth-order valence-electron chi connectivity index (χ4n) is 1.87. The molecule has 100 valence electrons. The first-order valence-corrected chi connectivity index (χ1v) is 5.90. The number of aromatic amines is 1. The van der Waals surface area contributed by atoms with Crippen molar-refractivity contribution in [2.24, 2.45) is 0 Å². The van der Waals surface area contributed by atoms with Crippen LogP contribution < -0.4 is 5.32 Å². The van der Waals surface area contributed by atoms with Gasteiger partial charge in [-0.3, -0.25) is 0 Å². The third-order valence-corrected chi connectivity index (χ3v) is 2.82. The van der Waals surface area contributed by atoms with Gasteiger partial charge >= 0.3 is 5.97 Å². The number of H-pyrrole nitrogens is 1. The number of carboxylic acid groups (broad SMARTS) is 1. The number of anilines is 2. The third-order valence-electron chi connectivity index (χ3n) is 2.82. The van der Waals surface area contributed by atoms with E-state index in [2.05, 4.69) is 25.3 Å². The molecule has 2 heterocycles. The predicted octanol–water partition coefficient (Wildman–Crippen LogP) is 2.10. The fraction of sp³-hybridized carbons (Fsp3) is 0.0769. The van der Waals surface area contributed by atoms with Crippen molar-refractivity contribution in [1.29, 1.82) is 0 Å². The number of aromatic nitrogens is 4. The normalized spacial score (nSPS) is 10.7. The van der Waals surface area contributed by atoms with Gasteiger partial charge in [0.25, 0.3) is 0 Å². The lowest BCUT2D eigenvalue weighted by Crippen LogP contribution is -2.07. The number of fused-ring (bicyclic) bond motifs is 1. The summed E-state index contributed by atoms with van der Waals surface area (Å²) in [6.45, 7) is 1.70. The van der Waals surface area contributed by atoms with Crippen LogP contribution in [0.5, 0.6) is 0 Å². The van der Waals surface area contributed by atoms with Gasteiger partial charge in [0.15, 0.2) is 0 Å². The first-order valence-electron chi connectivity index (χ1n) is 5.90. The highest BCUT2D eigenvalue weighted by Crippen LogP contribution is 2.21. The zero-order chi connectivity index (χ0) is 14.1. The maximum Gasteiger partial charge on any atom is 0.341 e. The Kier molecular flexibility index (Phi) is 2.79. The zero-order valence-electron chi connectivity index (χ0n) is 10.6. The first kappa shape index (κ1) is 12.1. The van der Waals surface area contributed by atoms with Crippen LogP contribution in [0.25, 0.3) is 11.0 Å². The minimum atomic E-state index is -1.07. The van der Waals surface area contributed by atoms with E-state index in [-0.39, 0.29) is 11.4 Å². The fourth-order valence-corrected chi connectivity index (χ4v) is 1.87. The third kappa shape index (κ3) is 2.16. The number of hydrogen-bond donors (Lipinski definition) is 3. The number of carboxylic acids is 1. The maximum atomic E-state index is 11.2. The molecule has 7 heteroatoms. The molecule has 0 fully saturated rings. The summed E-state index contributed by atoms with van der Waals surface area (Å²) in [6.07, 6.45) is 2.90. The van der Waals surface area contributed by atoms with Gasteiger partial charge < -0.3 is 15.4 Å². The Bertz CT molecular complexity index is 796. The van der Waals surface area contributed by atoms with E-state index in [4.69, 9.17) is 5.11 Å². The number of nitrogens with zero attached hydrogens (tertiary/aromatic N) is 3. The first-order chi connectivity index (χ1) is 9.63. The lowest BCUT2D eigenvalue weighted by molar-refractivity contribution is 0.0697. The average Bonchev–Trinajstić information content (AvgIpc) is 2.85. The van der Waals surface area contributed by atoms with Gasteiger partial charge in [-0.25, -0.2) is 19.7 Å². The number of hydrogen-bond acceptors (Lipinski definition) is 5. The quantitative estimate of drug-likeness (QED) is 0.672. The van der Waals surface area contributed by atoms with Gasteiger partial charge in [0.05, 0.1) is 17.4 Å². The molecule has 3 aromatic rings. The molecule has 3 rings (SSSR count). The van der Waals surface area contributed by atoms with E-state index >= 15 is 0 Å². The molecule has 0 radical (unpaired) electrons. The van der Waals surface area contributed by atoms with E-state index in [1.165, 1.54) is 6.20 Å². The van der Waals surface area contributed by atoms with Gasteiger partial charge in [-0.1, -0.05) is 0 Å². The molecular formula is C13H11N5O2. The molecule has 0 amide bonds. The number of imidazole rings is 1. The minimum Gasteiger partial charge on any atom is -0.477 e. The number of nitrogens with one attached hydrogen (secondary N) is 2. The van der Waals surface area contributed by atoms with E-state index in [1.807, 2.05) is 18.2 Å². The van der Waals surface area contributed by atoms with Crippen molar-refractivity contribution in [3.8, 4) is 0 Å². The van der Waals surface area contributed by atoms with Crippen LogP contribution in [0.4, 0.5) is 11.5 Å². The van der Waals surface area contributed by atoms with Crippen LogP contribution in [0.1, 0.15) is 16.2 Å². The molecule has 0 bridgehead atoms. The molecule has 2 aromatic heterocycles. The second kappa shape index (κ2) is 4.61. The van der Waals surface area contributed by atoms with Crippen LogP contribution in [-0.4, -0.2) is 31.0 Å². The smallest absolute Gasteiger partial charge is 0.341 e. The highest BCUT2D eigenvalue weighted by Gasteiger charge is 2.13. The maximum absolute atomic E-state index is 11.2. The summed E-state index contributed by atoms with van der Waals surface area (Å²) in [7, 11) is 0. The summed E-state index contributed by atoms with van der Waals surface area (Å²) in [6, 6.07) is 5.49. The number of aromatic carboxylic acids is 1. The Labute approximate surface area is 113 Å². The Balaban J connectivity index is 2.01. The molecule has 0 unspecified atom stereocenters. The summed E-state index contributed by atoms with van der Waals surface area (Å²) in [5, 5.41) is 12.1. The topological polar surface area (TPSA) is 104 Å². The van der Waals surface area contributed by atoms with Crippen LogP contribution in [0, 0.1) is 6.92 Å². The average molecular weight is 269 g/mol. The molecule has 0 saturated heterocycles. The van der Waals surface area contributed by atoms with Crippen molar-refractivity contribution in [3.63, 3.8) is 0 Å². The minimum absolute atomic E-state index is 0.0281. The van der Waals surface area contributed by atoms with E-state index < -0.39 is 5.97 Å². The monoisotopic (exact) mass is 269 g/mol. The van der Waals surface area contributed by atoms with Gasteiger partial charge in [0, 0.05) is 11.9 Å². The van der Waals surface area contributed by atoms with Crippen molar-refractivity contribution < 1.29 is 9.90 Å². The van der Waals surface area contributed by atoms with Crippen LogP contribution in [-0.2, 0) is 0 Å². The summed E-state index contributed by atoms with van der Waals surface area (Å²) < 4.78 is 0. The Hall–Kier alpha value is -2.96. The van der Waals surface area contributed by atoms with Crippen LogP contribution >= 0.6 is 0 Å². The zero-order valence-corrected chi connectivity index (χ0v) is 10.6. The molecule has 1 aromatic carbocycles. The number of rotatable bonds is 3. The molecular weight excluding hydrogens is 258 g/mol. The van der Waals surface area contributed by atoms with E-state index in [0.717, 1.165) is 16.7 Å². The Morgan fingerprint density at radius 3 is 3.00 bits per heavy atom. The SMILES string of the molecule is Cc1ncc(C(=O)O)c(Nc2ccc3nc[nH]c3c2)n1. The van der Waals surface area contributed by atoms with Crippen molar-refractivity contribution in [1.82, 2.24) is 19.9 Å². The van der Waals surface area contributed by atoms with Gasteiger partial charge in [-0.15, -0.1) is 0 Å². The van der Waals surface area contributed by atoms with Crippen LogP contribution in [0.2, 0.25) is 0 Å². The molecule has 0 saturated carbocycles. The largest absolute Gasteiger partial charge is 0.477 e. The molecule has 7 nitrogen and oxygen atoms in total. The van der Waals surface area contributed by atoms with E-state index in [1.54, 1.807) is 13.3 Å². The molecule has 0 atom stereocenters. The molecule has 0 aliphatic rings. The van der Waals surface area contributed by atoms with Crippen molar-refractivity contribution in [3.05, 3.63) is 42.1 Å². The Morgan fingerprint density at radius 2 is 2.20 bits per heavy atom. The summed E-state index contributed by atoms with van der Waals surface area (Å²) in [5.41, 5.74) is 2.45. The van der Waals surface area contributed by atoms with Crippen molar-refractivity contribution in [2.45, 2.75) is 6.92 Å². The van der Waals surface area contributed by atoms with Gasteiger partial charge in [0.2, 0.25) is 0 Å². The van der Waals surface area contributed by atoms with Gasteiger partial charge in [-0.05, 0) is 25.1 Å². The number of carbonyl (C=O) groups is 1. The predicted molar refractivity (Wildman–Crippen MR) is 73.1 cm³/mol. The van der Waals surface area contributed by atoms with Crippen LogP contribution in [0.15, 0.2) is 30.7 Å². The lowest BCUT2D eigenvalue weighted by Gasteiger charge is -2.08. The van der Waals surface area contributed by atoms with Crippen molar-refractivity contribution >= 4 is 28.5 Å². The number of benzene rings is 1. The molecule has 3 N–H and O–H groups in total. The second-order valence-corrected chi connectivity index (χ2v) is 4.24. The Morgan fingerprint density at radius 1 is 1.35 bits per heavy atom. The summed E-state index contributed by atoms with van der Waals surface area (Å²) in [4.78, 5) is 26.3. The van der Waals surface area contributed by atoms with Gasteiger partial charge in [-0.2, -0.15) is 0 Å². The molecule has 0 aliphatic carbocycles. The highest BCUT2D eigenvalue weighted by atomic mass is 16.4. The second-order valence-electron chi connectivity index (χ2n) is 4.24. The van der Waals surface area contributed by atoms with Crippen molar-refractivity contribution in [2.75, 3.05) is 5.32 Å². The van der Waals surface area contributed by atoms with Crippen LogP contribution in [0.3, 0.4) is 0 Å². The standard InChI is InChI=1S/C13H11N5O2/c1-7-14-5-9(13(19)20)12(17-7)18-8-2-3-10-11(4-8)16-6-15-10/h2-6H,1H3,(H,15,16)(H,19,20)(H,14,17,18). The van der Waals surface area contributed by atoms with Gasteiger partial charge in [0.1, 0.15) is 17.2 Å². The summed E-state index contributed by atoms with van der Waals surface area (Å²) in [5.74, 6) is -0.306. The molecule has 0 aliphatic heterocycles. The highest BCUT2D eigenvalue weighted by molar-refractivity contribution is 5.94. The van der Waals surface area contributed by atoms with E-state index in [9.17, 15) is 4.79 Å². The summed E-state index contributed by atoms with van der Waals surface area (Å²) >= 11 is 0. The lowest BCUT2D eigenvalue weighted by atomic mass is 10.2. The number of aryl methyl sites for hydroxylation is 1. The molecule has 0 spiro atoms. The van der Waals surface area contributed by atoms with E-state index in [0.29, 0.717) is 5.82 Å².